The minimum absolute atomic E-state index is 0.00743. The predicted molar refractivity (Wildman–Crippen MR) is 92.4 cm³/mol. The molecule has 0 aliphatic heterocycles. The molecule has 0 radical (unpaired) electrons. The molecule has 0 heterocycles. The largest absolute Gasteiger partial charge is 0.495 e. The molecule has 0 aromatic heterocycles. The summed E-state index contributed by atoms with van der Waals surface area (Å²) in [6.07, 6.45) is 0.760. The Kier molecular flexibility index (Phi) is 6.26. The van der Waals surface area contributed by atoms with Crippen LogP contribution in [0.5, 0.6) is 5.75 Å². The highest BCUT2D eigenvalue weighted by Gasteiger charge is 2.17. The van der Waals surface area contributed by atoms with E-state index >= 15 is 0 Å². The minimum atomic E-state index is -0.135. The van der Waals surface area contributed by atoms with Gasteiger partial charge in [0.15, 0.2) is 0 Å². The maximum absolute atomic E-state index is 12.3. The Morgan fingerprint density at radius 3 is 2.52 bits per heavy atom. The van der Waals surface area contributed by atoms with E-state index in [0.717, 1.165) is 23.3 Å². The normalized spacial score (nSPS) is 11.0. The van der Waals surface area contributed by atoms with E-state index in [0.29, 0.717) is 6.54 Å². The number of carbonyl (C=O) groups is 1. The van der Waals surface area contributed by atoms with Crippen LogP contribution in [-0.2, 0) is 4.79 Å². The SMILES string of the molecule is CCC(C(=O)NCC#Cc1ccccc1OC)c1ccccc1. The van der Waals surface area contributed by atoms with E-state index < -0.39 is 0 Å². The van der Waals surface area contributed by atoms with E-state index in [2.05, 4.69) is 17.2 Å². The molecule has 1 N–H and O–H groups in total. The lowest BCUT2D eigenvalue weighted by atomic mass is 9.96. The molecule has 0 aliphatic carbocycles. The van der Waals surface area contributed by atoms with Crippen molar-refractivity contribution < 1.29 is 9.53 Å². The van der Waals surface area contributed by atoms with Gasteiger partial charge in [-0.2, -0.15) is 0 Å². The summed E-state index contributed by atoms with van der Waals surface area (Å²) < 4.78 is 5.25. The molecule has 118 valence electrons. The first-order chi connectivity index (χ1) is 11.3. The molecular weight excluding hydrogens is 286 g/mol. The van der Waals surface area contributed by atoms with Gasteiger partial charge in [-0.15, -0.1) is 0 Å². The van der Waals surface area contributed by atoms with Gasteiger partial charge >= 0.3 is 0 Å². The number of carbonyl (C=O) groups excluding carboxylic acids is 1. The molecule has 0 fully saturated rings. The highest BCUT2D eigenvalue weighted by atomic mass is 16.5. The smallest absolute Gasteiger partial charge is 0.228 e. The second kappa shape index (κ2) is 8.65. The van der Waals surface area contributed by atoms with Gasteiger partial charge in [0, 0.05) is 0 Å². The van der Waals surface area contributed by atoms with Gasteiger partial charge in [0.25, 0.3) is 0 Å². The monoisotopic (exact) mass is 307 g/mol. The number of para-hydroxylation sites is 1. The lowest BCUT2D eigenvalue weighted by Gasteiger charge is -2.14. The maximum Gasteiger partial charge on any atom is 0.228 e. The van der Waals surface area contributed by atoms with E-state index in [4.69, 9.17) is 4.74 Å². The summed E-state index contributed by atoms with van der Waals surface area (Å²) in [4.78, 5) is 12.3. The number of rotatable bonds is 5. The van der Waals surface area contributed by atoms with Crippen molar-refractivity contribution >= 4 is 5.91 Å². The number of ether oxygens (including phenoxy) is 1. The third-order valence-corrected chi connectivity index (χ3v) is 3.61. The molecule has 0 spiro atoms. The van der Waals surface area contributed by atoms with Crippen LogP contribution in [0.25, 0.3) is 0 Å². The van der Waals surface area contributed by atoms with Gasteiger partial charge in [-0.05, 0) is 24.1 Å². The molecule has 2 aromatic carbocycles. The molecule has 0 aliphatic rings. The average molecular weight is 307 g/mol. The summed E-state index contributed by atoms with van der Waals surface area (Å²) in [6, 6.07) is 17.4. The summed E-state index contributed by atoms with van der Waals surface area (Å²) in [5, 5.41) is 2.89. The van der Waals surface area contributed by atoms with Crippen molar-refractivity contribution in [1.29, 1.82) is 0 Å². The lowest BCUT2D eigenvalue weighted by molar-refractivity contribution is -0.122. The number of benzene rings is 2. The summed E-state index contributed by atoms with van der Waals surface area (Å²) in [7, 11) is 1.62. The van der Waals surface area contributed by atoms with Gasteiger partial charge in [-0.3, -0.25) is 4.79 Å². The molecule has 2 rings (SSSR count). The minimum Gasteiger partial charge on any atom is -0.495 e. The lowest BCUT2D eigenvalue weighted by Crippen LogP contribution is -2.29. The molecule has 0 saturated carbocycles. The Bertz CT molecular complexity index is 698. The van der Waals surface area contributed by atoms with Crippen LogP contribution in [0, 0.1) is 11.8 Å². The molecule has 1 atom stereocenters. The fourth-order valence-electron chi connectivity index (χ4n) is 2.40. The van der Waals surface area contributed by atoms with Gasteiger partial charge in [0.05, 0.1) is 25.1 Å². The Balaban J connectivity index is 1.96. The number of hydrogen-bond donors (Lipinski definition) is 1. The van der Waals surface area contributed by atoms with E-state index in [-0.39, 0.29) is 11.8 Å². The van der Waals surface area contributed by atoms with Crippen LogP contribution >= 0.6 is 0 Å². The zero-order valence-corrected chi connectivity index (χ0v) is 13.5. The van der Waals surface area contributed by atoms with Gasteiger partial charge in [-0.25, -0.2) is 0 Å². The van der Waals surface area contributed by atoms with Crippen molar-refractivity contribution in [3.05, 3.63) is 65.7 Å². The number of hydrogen-bond acceptors (Lipinski definition) is 2. The Morgan fingerprint density at radius 1 is 1.13 bits per heavy atom. The zero-order valence-electron chi connectivity index (χ0n) is 13.5. The van der Waals surface area contributed by atoms with Crippen LogP contribution in [0.1, 0.15) is 30.4 Å². The molecule has 3 nitrogen and oxygen atoms in total. The van der Waals surface area contributed by atoms with E-state index in [9.17, 15) is 4.79 Å². The summed E-state index contributed by atoms with van der Waals surface area (Å²) in [5.74, 6) is 6.61. The van der Waals surface area contributed by atoms with Crippen molar-refractivity contribution in [3.8, 4) is 17.6 Å². The maximum atomic E-state index is 12.3. The van der Waals surface area contributed by atoms with Crippen molar-refractivity contribution in [2.75, 3.05) is 13.7 Å². The van der Waals surface area contributed by atoms with Crippen molar-refractivity contribution in [2.24, 2.45) is 0 Å². The van der Waals surface area contributed by atoms with E-state index in [1.165, 1.54) is 0 Å². The molecule has 23 heavy (non-hydrogen) atoms. The molecule has 1 amide bonds. The number of methoxy groups -OCH3 is 1. The quantitative estimate of drug-likeness (QED) is 0.860. The fraction of sp³-hybridized carbons (Fsp3) is 0.250. The van der Waals surface area contributed by atoms with Gasteiger partial charge < -0.3 is 10.1 Å². The Hall–Kier alpha value is -2.73. The van der Waals surface area contributed by atoms with Gasteiger partial charge in [0.1, 0.15) is 5.75 Å². The molecule has 1 unspecified atom stereocenters. The standard InChI is InChI=1S/C20H21NO2/c1-3-18(16-10-5-4-6-11-16)20(22)21-15-9-13-17-12-7-8-14-19(17)23-2/h4-8,10-12,14,18H,3,15H2,1-2H3,(H,21,22). The summed E-state index contributed by atoms with van der Waals surface area (Å²) >= 11 is 0. The van der Waals surface area contributed by atoms with Gasteiger partial charge in [0.2, 0.25) is 5.91 Å². The molecule has 0 bridgehead atoms. The third-order valence-electron chi connectivity index (χ3n) is 3.61. The molecule has 3 heteroatoms. The molecule has 0 saturated heterocycles. The van der Waals surface area contributed by atoms with Crippen LogP contribution in [0.3, 0.4) is 0 Å². The fourth-order valence-corrected chi connectivity index (χ4v) is 2.40. The summed E-state index contributed by atoms with van der Waals surface area (Å²) in [6.45, 7) is 2.33. The van der Waals surface area contributed by atoms with Crippen LogP contribution in [0.2, 0.25) is 0 Å². The van der Waals surface area contributed by atoms with Crippen LogP contribution in [0.15, 0.2) is 54.6 Å². The van der Waals surface area contributed by atoms with Gasteiger partial charge in [-0.1, -0.05) is 61.2 Å². The highest BCUT2D eigenvalue weighted by molar-refractivity contribution is 5.83. The summed E-state index contributed by atoms with van der Waals surface area (Å²) in [5.41, 5.74) is 1.85. The highest BCUT2D eigenvalue weighted by Crippen LogP contribution is 2.19. The first-order valence-electron chi connectivity index (χ1n) is 7.70. The Labute approximate surface area is 137 Å². The average Bonchev–Trinajstić information content (AvgIpc) is 2.60. The number of amides is 1. The Morgan fingerprint density at radius 2 is 1.83 bits per heavy atom. The van der Waals surface area contributed by atoms with Crippen LogP contribution in [-0.4, -0.2) is 19.6 Å². The van der Waals surface area contributed by atoms with Crippen LogP contribution in [0.4, 0.5) is 0 Å². The van der Waals surface area contributed by atoms with E-state index in [1.807, 2.05) is 61.5 Å². The van der Waals surface area contributed by atoms with E-state index in [1.54, 1.807) is 7.11 Å². The van der Waals surface area contributed by atoms with Crippen molar-refractivity contribution in [3.63, 3.8) is 0 Å². The van der Waals surface area contributed by atoms with Crippen molar-refractivity contribution in [1.82, 2.24) is 5.32 Å². The second-order valence-corrected chi connectivity index (χ2v) is 5.09. The van der Waals surface area contributed by atoms with Crippen molar-refractivity contribution in [2.45, 2.75) is 19.3 Å². The first kappa shape index (κ1) is 16.6. The molecule has 2 aromatic rings. The first-order valence-corrected chi connectivity index (χ1v) is 7.70. The molecular formula is C20H21NO2. The topological polar surface area (TPSA) is 38.3 Å². The number of nitrogens with one attached hydrogen (secondary N) is 1. The zero-order chi connectivity index (χ0) is 16.5. The van der Waals surface area contributed by atoms with Crippen LogP contribution < -0.4 is 10.1 Å². The predicted octanol–water partition coefficient (Wildman–Crippen LogP) is 3.36. The second-order valence-electron chi connectivity index (χ2n) is 5.09. The third kappa shape index (κ3) is 4.62.